The normalized spacial score (nSPS) is 13.7. The van der Waals surface area contributed by atoms with Crippen LogP contribution in [0.4, 0.5) is 0 Å². The second-order valence-electron chi connectivity index (χ2n) is 16.6. The van der Waals surface area contributed by atoms with Crippen molar-refractivity contribution in [2.75, 3.05) is 0 Å². The van der Waals surface area contributed by atoms with Crippen LogP contribution in [0.25, 0.3) is 22.3 Å². The third-order valence-electron chi connectivity index (χ3n) is 7.80. The molecule has 3 aromatic carbocycles. The Kier molecular flexibility index (Phi) is 7.70. The Morgan fingerprint density at radius 1 is 0.237 bits per heavy atom. The van der Waals surface area contributed by atoms with Gasteiger partial charge in [-0.15, -0.1) is 0 Å². The second kappa shape index (κ2) is 9.69. The first-order valence-electron chi connectivity index (χ1n) is 14.4. The molecule has 0 spiro atoms. The lowest BCUT2D eigenvalue weighted by Gasteiger charge is -2.28. The van der Waals surface area contributed by atoms with Crippen LogP contribution in [0.2, 0.25) is 0 Å². The van der Waals surface area contributed by atoms with E-state index in [1.165, 1.54) is 50.1 Å². The molecule has 0 saturated heterocycles. The lowest BCUT2D eigenvalue weighted by molar-refractivity contribution is 0.568. The van der Waals surface area contributed by atoms with E-state index < -0.39 is 0 Å². The fourth-order valence-electron chi connectivity index (χ4n) is 4.71. The maximum Gasteiger partial charge on any atom is -0.0131 e. The third-order valence-corrected chi connectivity index (χ3v) is 7.80. The number of hydrogen-bond donors (Lipinski definition) is 0. The number of benzene rings is 3. The molecule has 0 saturated carbocycles. The summed E-state index contributed by atoms with van der Waals surface area (Å²) in [5, 5.41) is 0. The van der Waals surface area contributed by atoms with Gasteiger partial charge >= 0.3 is 0 Å². The van der Waals surface area contributed by atoms with Gasteiger partial charge in [0.2, 0.25) is 0 Å². The van der Waals surface area contributed by atoms with E-state index in [1.807, 2.05) is 0 Å². The first-order chi connectivity index (χ1) is 17.0. The molecule has 0 aromatic heterocycles. The average molecular weight is 511 g/mol. The van der Waals surface area contributed by atoms with Crippen LogP contribution in [0.1, 0.15) is 132 Å². The van der Waals surface area contributed by atoms with Crippen molar-refractivity contribution in [3.05, 3.63) is 82.4 Å². The van der Waals surface area contributed by atoms with E-state index in [0.717, 1.165) is 0 Å². The monoisotopic (exact) mass is 510 g/mol. The van der Waals surface area contributed by atoms with Crippen LogP contribution < -0.4 is 0 Å². The molecule has 3 rings (SSSR count). The molecule has 0 amide bonds. The summed E-state index contributed by atoms with van der Waals surface area (Å²) < 4.78 is 0. The fraction of sp³-hybridized carbons (Fsp3) is 0.526. The average Bonchev–Trinajstić information content (AvgIpc) is 2.75. The van der Waals surface area contributed by atoms with Crippen LogP contribution in [0, 0.1) is 0 Å². The predicted molar refractivity (Wildman–Crippen MR) is 171 cm³/mol. The molecule has 206 valence electrons. The molecule has 0 aliphatic rings. The molecule has 0 bridgehead atoms. The van der Waals surface area contributed by atoms with Crippen LogP contribution in [-0.4, -0.2) is 0 Å². The van der Waals surface area contributed by atoms with Crippen LogP contribution in [0.5, 0.6) is 0 Å². The van der Waals surface area contributed by atoms with Gasteiger partial charge in [-0.2, -0.15) is 0 Å². The van der Waals surface area contributed by atoms with E-state index in [-0.39, 0.29) is 27.1 Å². The molecular formula is C38H54. The highest BCUT2D eigenvalue weighted by atomic mass is 14.3. The first kappa shape index (κ1) is 30.2. The highest BCUT2D eigenvalue weighted by molar-refractivity contribution is 5.76. The first-order valence-corrected chi connectivity index (χ1v) is 14.4. The number of hydrogen-bond acceptors (Lipinski definition) is 0. The molecule has 0 unspecified atom stereocenters. The molecule has 0 radical (unpaired) electrons. The molecule has 0 atom stereocenters. The van der Waals surface area contributed by atoms with Crippen molar-refractivity contribution >= 4 is 0 Å². The topological polar surface area (TPSA) is 0 Å². The Hall–Kier alpha value is -2.34. The Labute approximate surface area is 235 Å². The van der Waals surface area contributed by atoms with Crippen molar-refractivity contribution < 1.29 is 0 Å². The minimum atomic E-state index is 0.0494. The van der Waals surface area contributed by atoms with Gasteiger partial charge in [0.05, 0.1) is 0 Å². The van der Waals surface area contributed by atoms with Gasteiger partial charge in [-0.3, -0.25) is 0 Å². The second-order valence-corrected chi connectivity index (χ2v) is 16.6. The van der Waals surface area contributed by atoms with Gasteiger partial charge in [-0.05, 0) is 83.2 Å². The van der Waals surface area contributed by atoms with Crippen LogP contribution >= 0.6 is 0 Å². The Morgan fingerprint density at radius 3 is 0.579 bits per heavy atom. The van der Waals surface area contributed by atoms with E-state index in [1.54, 1.807) is 0 Å². The highest BCUT2D eigenvalue weighted by Crippen LogP contribution is 2.40. The molecule has 0 fully saturated rings. The molecule has 0 heteroatoms. The Balaban J connectivity index is 2.39. The zero-order valence-electron chi connectivity index (χ0n) is 27.2. The smallest absolute Gasteiger partial charge is 0.0131 e. The van der Waals surface area contributed by atoms with Crippen LogP contribution in [0.15, 0.2) is 54.6 Å². The van der Waals surface area contributed by atoms with Crippen molar-refractivity contribution in [1.29, 1.82) is 0 Å². The van der Waals surface area contributed by atoms with Gasteiger partial charge < -0.3 is 0 Å². The lowest BCUT2D eigenvalue weighted by atomic mass is 9.77. The van der Waals surface area contributed by atoms with Crippen molar-refractivity contribution in [2.24, 2.45) is 0 Å². The Bertz CT molecular complexity index is 1140. The standard InChI is InChI=1S/C38H54/c1-34(2,3)29-17-25(27-19-30(35(4,5)6)23-31(20-27)36(7,8)9)16-26(18-29)28-21-32(37(10,11)12)24-33(22-28)38(13,14)15/h16-24H,1-15H3. The molecule has 0 aliphatic heterocycles. The molecule has 3 aromatic rings. The summed E-state index contributed by atoms with van der Waals surface area (Å²) in [6.45, 7) is 34.8. The predicted octanol–water partition coefficient (Wildman–Crippen LogP) is 11.5. The summed E-state index contributed by atoms with van der Waals surface area (Å²) in [6, 6.07) is 21.8. The van der Waals surface area contributed by atoms with Gasteiger partial charge in [0, 0.05) is 0 Å². The minimum absolute atomic E-state index is 0.0494. The molecule has 0 aliphatic carbocycles. The fourth-order valence-corrected chi connectivity index (χ4v) is 4.71. The SMILES string of the molecule is CC(C)(C)c1cc(-c2cc(C(C)(C)C)cc(C(C)(C)C)c2)cc(-c2cc(C(C)(C)C)cc(C(C)(C)C)c2)c1. The van der Waals surface area contributed by atoms with Crippen LogP contribution in [-0.2, 0) is 27.1 Å². The maximum atomic E-state index is 2.43. The molecule has 0 N–H and O–H groups in total. The molecular weight excluding hydrogens is 456 g/mol. The zero-order valence-corrected chi connectivity index (χ0v) is 27.2. The molecule has 38 heavy (non-hydrogen) atoms. The van der Waals surface area contributed by atoms with Gasteiger partial charge in [0.1, 0.15) is 0 Å². The summed E-state index contributed by atoms with van der Waals surface area (Å²) in [5.41, 5.74) is 12.6. The minimum Gasteiger partial charge on any atom is -0.0561 e. The summed E-state index contributed by atoms with van der Waals surface area (Å²) >= 11 is 0. The van der Waals surface area contributed by atoms with E-state index in [0.29, 0.717) is 0 Å². The largest absolute Gasteiger partial charge is 0.0561 e. The summed E-state index contributed by atoms with van der Waals surface area (Å²) in [4.78, 5) is 0. The molecule has 0 nitrogen and oxygen atoms in total. The van der Waals surface area contributed by atoms with E-state index in [9.17, 15) is 0 Å². The highest BCUT2D eigenvalue weighted by Gasteiger charge is 2.24. The summed E-state index contributed by atoms with van der Waals surface area (Å²) in [7, 11) is 0. The van der Waals surface area contributed by atoms with Gasteiger partial charge in [0.15, 0.2) is 0 Å². The van der Waals surface area contributed by atoms with E-state index >= 15 is 0 Å². The summed E-state index contributed by atoms with van der Waals surface area (Å²) in [6.07, 6.45) is 0. The van der Waals surface area contributed by atoms with Crippen molar-refractivity contribution in [3.8, 4) is 22.3 Å². The number of rotatable bonds is 2. The zero-order chi connectivity index (χ0) is 29.1. The van der Waals surface area contributed by atoms with E-state index in [2.05, 4.69) is 158 Å². The maximum absolute atomic E-state index is 2.43. The van der Waals surface area contributed by atoms with Gasteiger partial charge in [-0.25, -0.2) is 0 Å². The van der Waals surface area contributed by atoms with E-state index in [4.69, 9.17) is 0 Å². The summed E-state index contributed by atoms with van der Waals surface area (Å²) in [5.74, 6) is 0. The quantitative estimate of drug-likeness (QED) is 0.321. The molecule has 0 heterocycles. The van der Waals surface area contributed by atoms with Crippen molar-refractivity contribution in [1.82, 2.24) is 0 Å². The Morgan fingerprint density at radius 2 is 0.395 bits per heavy atom. The lowest BCUT2D eigenvalue weighted by Crippen LogP contribution is -2.17. The van der Waals surface area contributed by atoms with Gasteiger partial charge in [0.25, 0.3) is 0 Å². The third kappa shape index (κ3) is 6.99. The van der Waals surface area contributed by atoms with Crippen molar-refractivity contribution in [3.63, 3.8) is 0 Å². The van der Waals surface area contributed by atoms with Gasteiger partial charge in [-0.1, -0.05) is 152 Å². The van der Waals surface area contributed by atoms with Crippen molar-refractivity contribution in [2.45, 2.75) is 131 Å². The van der Waals surface area contributed by atoms with Crippen LogP contribution in [0.3, 0.4) is 0 Å².